The third-order valence-electron chi connectivity index (χ3n) is 2.75. The summed E-state index contributed by atoms with van der Waals surface area (Å²) in [5.41, 5.74) is 0. The van der Waals surface area contributed by atoms with Gasteiger partial charge in [0, 0.05) is 0 Å². The Bertz CT molecular complexity index is 79.6. The van der Waals surface area contributed by atoms with E-state index < -0.39 is 6.73 Å². The molecule has 92 valence electrons. The number of hydrogen-bond acceptors (Lipinski definition) is 0. The molecule has 1 rings (SSSR count). The van der Waals surface area contributed by atoms with Crippen molar-refractivity contribution in [1.29, 1.82) is 0 Å². The average molecular weight is 290 g/mol. The topological polar surface area (TPSA) is 0 Å². The monoisotopic (exact) mass is 288 g/mol. The van der Waals surface area contributed by atoms with Gasteiger partial charge in [-0.05, 0) is 0 Å². The van der Waals surface area contributed by atoms with Gasteiger partial charge in [0.1, 0.15) is 0 Å². The molecule has 0 N–H and O–H groups in total. The Hall–Kier alpha value is 1.09. The van der Waals surface area contributed by atoms with Crippen LogP contribution in [-0.2, 0) is 0 Å². The van der Waals surface area contributed by atoms with Gasteiger partial charge < -0.3 is 0 Å². The van der Waals surface area contributed by atoms with E-state index in [9.17, 15) is 0 Å². The third-order valence-corrected chi connectivity index (χ3v) is 2.75. The standard InChI is InChI=1S/C11H22.Cl3HSi/c1-2-4-6-8-10-11-9-7-5-3-1;1-4(2)3/h1-11H2;4H. The lowest BCUT2D eigenvalue weighted by atomic mass is 10.1. The van der Waals surface area contributed by atoms with Crippen LogP contribution in [0.1, 0.15) is 70.6 Å². The zero-order valence-corrected chi connectivity index (χ0v) is 12.9. The number of halogens is 3. The van der Waals surface area contributed by atoms with Crippen molar-refractivity contribution in [1.82, 2.24) is 0 Å². The Morgan fingerprint density at radius 2 is 0.467 bits per heavy atom. The predicted molar refractivity (Wildman–Crippen MR) is 75.5 cm³/mol. The van der Waals surface area contributed by atoms with Crippen molar-refractivity contribution in [3.8, 4) is 0 Å². The van der Waals surface area contributed by atoms with Gasteiger partial charge in [0.25, 0.3) is 0 Å². The first-order valence-electron chi connectivity index (χ1n) is 6.15. The SMILES string of the molecule is C1CCCCCCCCCC1.Cl[SiH](Cl)Cl. The largest absolute Gasteiger partial charge is 0.326 e. The van der Waals surface area contributed by atoms with Crippen LogP contribution in [0.5, 0.6) is 0 Å². The van der Waals surface area contributed by atoms with E-state index in [2.05, 4.69) is 0 Å². The summed E-state index contributed by atoms with van der Waals surface area (Å²) in [6.45, 7) is -1.72. The second kappa shape index (κ2) is 13.2. The molecule has 0 aromatic heterocycles. The van der Waals surface area contributed by atoms with E-state index in [0.29, 0.717) is 0 Å². The summed E-state index contributed by atoms with van der Waals surface area (Å²) in [4.78, 5) is 0. The molecule has 0 bridgehead atoms. The van der Waals surface area contributed by atoms with Crippen LogP contribution < -0.4 is 0 Å². The van der Waals surface area contributed by atoms with Crippen LogP contribution in [0.15, 0.2) is 0 Å². The van der Waals surface area contributed by atoms with E-state index in [1.807, 2.05) is 0 Å². The maximum Gasteiger partial charge on any atom is 0.326 e. The van der Waals surface area contributed by atoms with Gasteiger partial charge in [0.05, 0.1) is 0 Å². The van der Waals surface area contributed by atoms with Crippen molar-refractivity contribution in [3.05, 3.63) is 0 Å². The van der Waals surface area contributed by atoms with Gasteiger partial charge in [-0.2, -0.15) is 0 Å². The fraction of sp³-hybridized carbons (Fsp3) is 1.00. The first-order chi connectivity index (χ1) is 7.23. The van der Waals surface area contributed by atoms with E-state index in [-0.39, 0.29) is 0 Å². The molecule has 15 heavy (non-hydrogen) atoms. The summed E-state index contributed by atoms with van der Waals surface area (Å²) in [5.74, 6) is 0. The lowest BCUT2D eigenvalue weighted by Gasteiger charge is -1.97. The van der Waals surface area contributed by atoms with E-state index in [4.69, 9.17) is 33.2 Å². The van der Waals surface area contributed by atoms with Gasteiger partial charge >= 0.3 is 6.73 Å². The lowest BCUT2D eigenvalue weighted by molar-refractivity contribution is 0.585. The van der Waals surface area contributed by atoms with Crippen molar-refractivity contribution in [2.75, 3.05) is 0 Å². The molecule has 1 aliphatic carbocycles. The highest BCUT2D eigenvalue weighted by atomic mass is 35.8. The summed E-state index contributed by atoms with van der Waals surface area (Å²) in [6.07, 6.45) is 16.5. The van der Waals surface area contributed by atoms with Crippen LogP contribution in [0.25, 0.3) is 0 Å². The van der Waals surface area contributed by atoms with E-state index in [1.54, 1.807) is 0 Å². The quantitative estimate of drug-likeness (QED) is 0.396. The van der Waals surface area contributed by atoms with E-state index in [0.717, 1.165) is 0 Å². The van der Waals surface area contributed by atoms with Crippen molar-refractivity contribution >= 4 is 40.0 Å². The molecule has 0 heterocycles. The fourth-order valence-corrected chi connectivity index (χ4v) is 1.94. The Morgan fingerprint density at radius 1 is 0.400 bits per heavy atom. The average Bonchev–Trinajstić information content (AvgIpc) is 2.22. The predicted octanol–water partition coefficient (Wildman–Crippen LogP) is 5.71. The first-order valence-corrected chi connectivity index (χ1v) is 11.4. The Morgan fingerprint density at radius 3 is 0.533 bits per heavy atom. The highest BCUT2D eigenvalue weighted by Crippen LogP contribution is 2.15. The first kappa shape index (κ1) is 16.1. The molecule has 1 aliphatic rings. The van der Waals surface area contributed by atoms with Crippen LogP contribution in [0.2, 0.25) is 0 Å². The van der Waals surface area contributed by atoms with Crippen molar-refractivity contribution in [2.45, 2.75) is 70.6 Å². The molecule has 4 heteroatoms. The molecular weight excluding hydrogens is 267 g/mol. The summed E-state index contributed by atoms with van der Waals surface area (Å²) < 4.78 is 0. The molecule has 0 saturated heterocycles. The van der Waals surface area contributed by atoms with Gasteiger partial charge in [0.2, 0.25) is 0 Å². The molecule has 0 atom stereocenters. The molecule has 0 unspecified atom stereocenters. The zero-order chi connectivity index (χ0) is 11.4. The minimum absolute atomic E-state index is 1.50. The van der Waals surface area contributed by atoms with Crippen LogP contribution >= 0.6 is 33.2 Å². The Kier molecular flexibility index (Phi) is 14.1. The molecule has 1 fully saturated rings. The molecule has 1 saturated carbocycles. The smallest absolute Gasteiger partial charge is 0.130 e. The molecule has 0 amide bonds. The molecule has 0 spiro atoms. The van der Waals surface area contributed by atoms with Crippen molar-refractivity contribution in [2.24, 2.45) is 0 Å². The number of hydrogen-bond donors (Lipinski definition) is 0. The summed E-state index contributed by atoms with van der Waals surface area (Å²) in [5, 5.41) is 0. The lowest BCUT2D eigenvalue weighted by Crippen LogP contribution is -1.77. The van der Waals surface area contributed by atoms with Gasteiger partial charge in [-0.3, -0.25) is 0 Å². The molecule has 0 nitrogen and oxygen atoms in total. The second-order valence-electron chi connectivity index (χ2n) is 4.14. The summed E-state index contributed by atoms with van der Waals surface area (Å²) in [7, 11) is 0. The van der Waals surface area contributed by atoms with Crippen LogP contribution in [0.4, 0.5) is 0 Å². The van der Waals surface area contributed by atoms with Crippen molar-refractivity contribution in [3.63, 3.8) is 0 Å². The molecule has 0 aromatic carbocycles. The highest BCUT2D eigenvalue weighted by Gasteiger charge is 1.96. The van der Waals surface area contributed by atoms with Gasteiger partial charge in [-0.15, -0.1) is 33.2 Å². The Labute approximate surface area is 110 Å². The molecule has 0 aliphatic heterocycles. The van der Waals surface area contributed by atoms with E-state index >= 15 is 0 Å². The molecular formula is C11H23Cl3Si. The van der Waals surface area contributed by atoms with E-state index in [1.165, 1.54) is 70.6 Å². The minimum atomic E-state index is -1.72. The van der Waals surface area contributed by atoms with Gasteiger partial charge in [-0.1, -0.05) is 70.6 Å². The van der Waals surface area contributed by atoms with Crippen LogP contribution in [0, 0.1) is 0 Å². The maximum atomic E-state index is 4.94. The third kappa shape index (κ3) is 17.7. The van der Waals surface area contributed by atoms with Crippen LogP contribution in [0.3, 0.4) is 0 Å². The normalized spacial score (nSPS) is 20.0. The zero-order valence-electron chi connectivity index (χ0n) is 9.49. The molecule has 0 radical (unpaired) electrons. The summed E-state index contributed by atoms with van der Waals surface area (Å²) in [6, 6.07) is 0. The highest BCUT2D eigenvalue weighted by molar-refractivity contribution is 7.54. The molecule has 0 aromatic rings. The fourth-order valence-electron chi connectivity index (χ4n) is 1.94. The maximum absolute atomic E-state index is 4.94. The summed E-state index contributed by atoms with van der Waals surface area (Å²) >= 11 is 14.8. The second-order valence-corrected chi connectivity index (χ2v) is 10.6. The van der Waals surface area contributed by atoms with Gasteiger partial charge in [0.15, 0.2) is 0 Å². The number of rotatable bonds is 0. The minimum Gasteiger partial charge on any atom is -0.130 e. The Balaban J connectivity index is 0.000000423. The van der Waals surface area contributed by atoms with Gasteiger partial charge in [-0.25, -0.2) is 0 Å². The van der Waals surface area contributed by atoms with Crippen molar-refractivity contribution < 1.29 is 0 Å². The van der Waals surface area contributed by atoms with Crippen LogP contribution in [-0.4, -0.2) is 6.73 Å².